The van der Waals surface area contributed by atoms with E-state index in [1.54, 1.807) is 6.07 Å². The molecule has 0 atom stereocenters. The van der Waals surface area contributed by atoms with E-state index in [1.807, 2.05) is 79.7 Å². The Morgan fingerprint density at radius 1 is 0.742 bits per heavy atom. The molecule has 0 saturated heterocycles. The number of benzene rings is 3. The first-order chi connectivity index (χ1) is 15.2. The molecule has 0 aliphatic carbocycles. The van der Waals surface area contributed by atoms with Crippen LogP contribution >= 0.6 is 0 Å². The Balaban J connectivity index is 1.73. The lowest BCUT2D eigenvalue weighted by Crippen LogP contribution is -2.04. The topological polar surface area (TPSA) is 56.2 Å². The van der Waals surface area contributed by atoms with Gasteiger partial charge in [0.25, 0.3) is 0 Å². The second kappa shape index (κ2) is 6.67. The van der Waals surface area contributed by atoms with Gasteiger partial charge >= 0.3 is 5.63 Å². The van der Waals surface area contributed by atoms with Gasteiger partial charge < -0.3 is 8.83 Å². The average molecular weight is 403 g/mol. The van der Waals surface area contributed by atoms with Crippen LogP contribution in [-0.2, 0) is 0 Å². The summed E-state index contributed by atoms with van der Waals surface area (Å²) in [6.45, 7) is 2.04. The first-order valence-electron chi connectivity index (χ1n) is 10.1. The molecular weight excluding hydrogens is 386 g/mol. The van der Waals surface area contributed by atoms with Crippen LogP contribution in [0.15, 0.2) is 98.6 Å². The zero-order valence-corrected chi connectivity index (χ0v) is 16.8. The molecule has 0 unspecified atom stereocenters. The predicted octanol–water partition coefficient (Wildman–Crippen LogP) is 6.73. The molecule has 0 radical (unpaired) electrons. The Hall–Kier alpha value is -4.18. The monoisotopic (exact) mass is 403 g/mol. The van der Waals surface area contributed by atoms with Crippen molar-refractivity contribution in [1.29, 1.82) is 0 Å². The number of hydrogen-bond donors (Lipinski definition) is 0. The maximum atomic E-state index is 12.8. The lowest BCUT2D eigenvalue weighted by atomic mass is 10.0. The molecule has 31 heavy (non-hydrogen) atoms. The van der Waals surface area contributed by atoms with Crippen LogP contribution in [0.2, 0.25) is 0 Å². The van der Waals surface area contributed by atoms with Crippen molar-refractivity contribution in [2.75, 3.05) is 0 Å². The number of rotatable bonds is 2. The number of nitrogens with zero attached hydrogens (tertiary/aromatic N) is 1. The molecule has 0 saturated carbocycles. The van der Waals surface area contributed by atoms with Gasteiger partial charge in [-0.1, -0.05) is 60.2 Å². The normalized spacial score (nSPS) is 11.5. The fourth-order valence-electron chi connectivity index (χ4n) is 4.06. The standard InChI is InChI=1S/C27H17NO3/c1-16-11-12-24-21(13-16)25-26(30-24)19(17-7-3-2-4-8-17)15-22(28-25)20-14-18-9-5-6-10-23(18)31-27(20)29/h2-15H,1H3. The summed E-state index contributed by atoms with van der Waals surface area (Å²) in [6, 6.07) is 27.3. The molecule has 4 nitrogen and oxygen atoms in total. The van der Waals surface area contributed by atoms with E-state index in [0.29, 0.717) is 22.4 Å². The number of pyridine rings is 1. The maximum absolute atomic E-state index is 12.8. The molecule has 0 amide bonds. The highest BCUT2D eigenvalue weighted by atomic mass is 16.4. The Labute approximate surface area is 177 Å². The summed E-state index contributed by atoms with van der Waals surface area (Å²) in [6.07, 6.45) is 0. The van der Waals surface area contributed by atoms with Crippen molar-refractivity contribution < 1.29 is 8.83 Å². The van der Waals surface area contributed by atoms with E-state index in [0.717, 1.165) is 38.6 Å². The van der Waals surface area contributed by atoms with Crippen LogP contribution in [0.5, 0.6) is 0 Å². The number of fused-ring (bicyclic) bond motifs is 4. The summed E-state index contributed by atoms with van der Waals surface area (Å²) in [5.41, 5.74) is 6.37. The SMILES string of the molecule is Cc1ccc2oc3c(-c4ccccc4)cc(-c4cc5ccccc5oc4=O)nc3c2c1. The van der Waals surface area contributed by atoms with E-state index in [9.17, 15) is 4.79 Å². The summed E-state index contributed by atoms with van der Waals surface area (Å²) in [5, 5.41) is 1.78. The van der Waals surface area contributed by atoms with Crippen LogP contribution < -0.4 is 5.63 Å². The fourth-order valence-corrected chi connectivity index (χ4v) is 4.06. The number of para-hydroxylation sites is 1. The van der Waals surface area contributed by atoms with Crippen LogP contribution in [-0.4, -0.2) is 4.98 Å². The zero-order chi connectivity index (χ0) is 20.9. The molecule has 6 rings (SSSR count). The number of furan rings is 1. The van der Waals surface area contributed by atoms with E-state index < -0.39 is 5.63 Å². The van der Waals surface area contributed by atoms with E-state index in [-0.39, 0.29) is 0 Å². The van der Waals surface area contributed by atoms with Crippen molar-refractivity contribution in [3.05, 3.63) is 101 Å². The molecule has 0 bridgehead atoms. The van der Waals surface area contributed by atoms with E-state index >= 15 is 0 Å². The summed E-state index contributed by atoms with van der Waals surface area (Å²) in [4.78, 5) is 17.7. The lowest BCUT2D eigenvalue weighted by molar-refractivity contribution is 0.563. The fraction of sp³-hybridized carbons (Fsp3) is 0.0370. The van der Waals surface area contributed by atoms with Crippen LogP contribution in [0.1, 0.15) is 5.56 Å². The largest absolute Gasteiger partial charge is 0.454 e. The third-order valence-electron chi connectivity index (χ3n) is 5.58. The van der Waals surface area contributed by atoms with Gasteiger partial charge in [0.1, 0.15) is 16.7 Å². The van der Waals surface area contributed by atoms with Gasteiger partial charge in [0.2, 0.25) is 0 Å². The first-order valence-corrected chi connectivity index (χ1v) is 10.1. The average Bonchev–Trinajstić information content (AvgIpc) is 3.16. The smallest absolute Gasteiger partial charge is 0.345 e. The second-order valence-corrected chi connectivity index (χ2v) is 7.69. The minimum absolute atomic E-state index is 0.409. The van der Waals surface area contributed by atoms with Crippen molar-refractivity contribution >= 4 is 33.0 Å². The van der Waals surface area contributed by atoms with Crippen molar-refractivity contribution in [2.45, 2.75) is 6.92 Å². The van der Waals surface area contributed by atoms with Crippen LogP contribution in [0.4, 0.5) is 0 Å². The predicted molar refractivity (Wildman–Crippen MR) is 123 cm³/mol. The number of hydrogen-bond acceptors (Lipinski definition) is 4. The number of aryl methyl sites for hydroxylation is 1. The Bertz CT molecular complexity index is 1660. The van der Waals surface area contributed by atoms with Gasteiger partial charge in [0.15, 0.2) is 5.58 Å². The van der Waals surface area contributed by atoms with Gasteiger partial charge in [-0.15, -0.1) is 0 Å². The molecule has 3 heterocycles. The highest BCUT2D eigenvalue weighted by Gasteiger charge is 2.18. The number of aromatic nitrogens is 1. The molecule has 4 heteroatoms. The second-order valence-electron chi connectivity index (χ2n) is 7.69. The molecule has 6 aromatic rings. The Morgan fingerprint density at radius 3 is 2.42 bits per heavy atom. The third-order valence-corrected chi connectivity index (χ3v) is 5.58. The van der Waals surface area contributed by atoms with Gasteiger partial charge in [-0.2, -0.15) is 0 Å². The Morgan fingerprint density at radius 2 is 1.55 bits per heavy atom. The summed E-state index contributed by atoms with van der Waals surface area (Å²) >= 11 is 0. The maximum Gasteiger partial charge on any atom is 0.345 e. The molecule has 0 aliphatic rings. The third kappa shape index (κ3) is 2.84. The molecule has 0 aliphatic heterocycles. The summed E-state index contributed by atoms with van der Waals surface area (Å²) < 4.78 is 11.8. The molecule has 0 N–H and O–H groups in total. The first kappa shape index (κ1) is 17.7. The van der Waals surface area contributed by atoms with E-state index in [1.165, 1.54) is 0 Å². The highest BCUT2D eigenvalue weighted by Crippen LogP contribution is 2.37. The summed E-state index contributed by atoms with van der Waals surface area (Å²) in [5.74, 6) is 0. The van der Waals surface area contributed by atoms with Gasteiger partial charge in [-0.25, -0.2) is 9.78 Å². The molecular formula is C27H17NO3. The zero-order valence-electron chi connectivity index (χ0n) is 16.8. The molecule has 148 valence electrons. The van der Waals surface area contributed by atoms with Crippen LogP contribution in [0.25, 0.3) is 55.4 Å². The van der Waals surface area contributed by atoms with Crippen molar-refractivity contribution in [2.24, 2.45) is 0 Å². The lowest BCUT2D eigenvalue weighted by Gasteiger charge is -2.07. The minimum atomic E-state index is -0.409. The molecule has 0 spiro atoms. The van der Waals surface area contributed by atoms with Crippen LogP contribution in [0, 0.1) is 6.92 Å². The van der Waals surface area contributed by atoms with Gasteiger partial charge in [-0.05, 0) is 42.8 Å². The molecule has 3 aromatic heterocycles. The van der Waals surface area contributed by atoms with Gasteiger partial charge in [-0.3, -0.25) is 0 Å². The molecule has 3 aromatic carbocycles. The van der Waals surface area contributed by atoms with Gasteiger partial charge in [0, 0.05) is 16.3 Å². The van der Waals surface area contributed by atoms with Crippen molar-refractivity contribution in [3.63, 3.8) is 0 Å². The van der Waals surface area contributed by atoms with E-state index in [4.69, 9.17) is 13.8 Å². The van der Waals surface area contributed by atoms with E-state index in [2.05, 4.69) is 6.07 Å². The van der Waals surface area contributed by atoms with Gasteiger partial charge in [0.05, 0.1) is 11.3 Å². The van der Waals surface area contributed by atoms with Crippen molar-refractivity contribution in [3.8, 4) is 22.4 Å². The quantitative estimate of drug-likeness (QED) is 0.301. The minimum Gasteiger partial charge on any atom is -0.454 e. The summed E-state index contributed by atoms with van der Waals surface area (Å²) in [7, 11) is 0. The molecule has 0 fully saturated rings. The van der Waals surface area contributed by atoms with Crippen LogP contribution in [0.3, 0.4) is 0 Å². The Kier molecular flexibility index (Phi) is 3.80. The highest BCUT2D eigenvalue weighted by molar-refractivity contribution is 6.08. The van der Waals surface area contributed by atoms with Crippen molar-refractivity contribution in [1.82, 2.24) is 4.98 Å².